The summed E-state index contributed by atoms with van der Waals surface area (Å²) in [5.41, 5.74) is 0. The fourth-order valence-corrected chi connectivity index (χ4v) is 4.82. The van der Waals surface area contributed by atoms with Crippen molar-refractivity contribution in [3.63, 3.8) is 0 Å². The largest absolute Gasteiger partial charge is 0.473 e. The van der Waals surface area contributed by atoms with Crippen molar-refractivity contribution in [3.05, 3.63) is 0 Å². The number of esters is 1. The number of hydrogen-bond acceptors (Lipinski definition) is 7. The first-order valence-corrected chi connectivity index (χ1v) is 15.2. The molecule has 10 heteroatoms. The fraction of sp³-hybridized carbons (Fsp3) is 0.923. The van der Waals surface area contributed by atoms with E-state index >= 15 is 0 Å². The molecule has 214 valence electrons. The van der Waals surface area contributed by atoms with Gasteiger partial charge in [-0.1, -0.05) is 84.0 Å². The van der Waals surface area contributed by atoms with Gasteiger partial charge < -0.3 is 19.2 Å². The van der Waals surface area contributed by atoms with E-state index in [-0.39, 0.29) is 18.7 Å². The van der Waals surface area contributed by atoms with E-state index in [0.717, 1.165) is 26.2 Å². The maximum absolute atomic E-state index is 12.8. The van der Waals surface area contributed by atoms with Crippen molar-refractivity contribution in [1.29, 1.82) is 0 Å². The zero-order valence-electron chi connectivity index (χ0n) is 23.4. The standard InChI is InChI=1S/C26H52NO8P/c1-6-7-8-9-10-11-12-13-14-15-16-17-18-19-25(30)26(20-27(3,4)5)35-36(31,32)33-22-24(21-28)34-23(2)29/h24,26,28H,6-22H2,1-5H3/p+1/t24-,26?/m1/s1. The molecule has 0 aromatic rings. The van der Waals surface area contributed by atoms with Crippen molar-refractivity contribution in [2.24, 2.45) is 0 Å². The third kappa shape index (κ3) is 21.3. The Morgan fingerprint density at radius 3 is 1.75 bits per heavy atom. The van der Waals surface area contributed by atoms with Gasteiger partial charge >= 0.3 is 13.8 Å². The van der Waals surface area contributed by atoms with Gasteiger partial charge in [-0.3, -0.25) is 18.6 Å². The molecule has 0 aliphatic carbocycles. The lowest BCUT2D eigenvalue weighted by atomic mass is 10.0. The van der Waals surface area contributed by atoms with Crippen LogP contribution in [0.2, 0.25) is 0 Å². The number of aliphatic hydroxyl groups excluding tert-OH is 1. The van der Waals surface area contributed by atoms with Crippen LogP contribution in [0.15, 0.2) is 0 Å². The summed E-state index contributed by atoms with van der Waals surface area (Å²) in [5, 5.41) is 9.22. The number of nitrogens with zero attached hydrogens (tertiary/aromatic N) is 1. The minimum atomic E-state index is -4.60. The SMILES string of the molecule is CCCCCCCCCCCCCCCC(=O)C(C[N+](C)(C)C)OP(=O)(O)OC[C@@H](CO)OC(C)=O. The summed E-state index contributed by atoms with van der Waals surface area (Å²) < 4.78 is 27.7. The van der Waals surface area contributed by atoms with Crippen molar-refractivity contribution in [2.75, 3.05) is 40.9 Å². The third-order valence-corrected chi connectivity index (χ3v) is 6.82. The zero-order chi connectivity index (χ0) is 27.5. The van der Waals surface area contributed by atoms with Crippen LogP contribution in [0.3, 0.4) is 0 Å². The van der Waals surface area contributed by atoms with Crippen molar-refractivity contribution >= 4 is 19.6 Å². The van der Waals surface area contributed by atoms with Crippen LogP contribution in [0.1, 0.15) is 104 Å². The molecular weight excluding hydrogens is 485 g/mol. The Balaban J connectivity index is 4.35. The molecule has 2 N–H and O–H groups in total. The molecule has 0 heterocycles. The molecule has 0 bridgehead atoms. The van der Waals surface area contributed by atoms with Crippen molar-refractivity contribution in [2.45, 2.75) is 116 Å². The number of rotatable bonds is 24. The first-order chi connectivity index (χ1) is 16.9. The quantitative estimate of drug-likeness (QED) is 0.0748. The number of Topliss-reactive ketones (excluding diaryl/α,β-unsaturated/α-hetero) is 1. The van der Waals surface area contributed by atoms with Crippen LogP contribution in [0, 0.1) is 0 Å². The van der Waals surface area contributed by atoms with Gasteiger partial charge in [0.1, 0.15) is 12.6 Å². The molecule has 0 saturated heterocycles. The number of phosphoric acid groups is 1. The van der Waals surface area contributed by atoms with Crippen LogP contribution in [-0.2, 0) is 27.9 Å². The van der Waals surface area contributed by atoms with E-state index in [4.69, 9.17) is 13.8 Å². The smallest absolute Gasteiger partial charge is 0.458 e. The van der Waals surface area contributed by atoms with Gasteiger partial charge in [0.05, 0.1) is 34.4 Å². The number of carbonyl (C=O) groups excluding carboxylic acids is 2. The van der Waals surface area contributed by atoms with E-state index in [9.17, 15) is 24.2 Å². The minimum absolute atomic E-state index is 0.207. The van der Waals surface area contributed by atoms with Crippen LogP contribution >= 0.6 is 7.82 Å². The predicted octanol–water partition coefficient (Wildman–Crippen LogP) is 5.17. The van der Waals surface area contributed by atoms with Gasteiger partial charge in [-0.25, -0.2) is 4.57 Å². The predicted molar refractivity (Wildman–Crippen MR) is 142 cm³/mol. The highest BCUT2D eigenvalue weighted by Crippen LogP contribution is 2.45. The van der Waals surface area contributed by atoms with E-state index in [1.54, 1.807) is 0 Å². The van der Waals surface area contributed by atoms with Crippen LogP contribution in [0.25, 0.3) is 0 Å². The highest BCUT2D eigenvalue weighted by atomic mass is 31.2. The lowest BCUT2D eigenvalue weighted by Crippen LogP contribution is -2.45. The molecule has 0 amide bonds. The Labute approximate surface area is 219 Å². The molecule has 0 fully saturated rings. The zero-order valence-corrected chi connectivity index (χ0v) is 24.3. The second-order valence-corrected chi connectivity index (χ2v) is 12.1. The summed E-state index contributed by atoms with van der Waals surface area (Å²) in [7, 11) is 0.981. The van der Waals surface area contributed by atoms with E-state index in [2.05, 4.69) is 6.92 Å². The summed E-state index contributed by atoms with van der Waals surface area (Å²) in [6.45, 7) is 2.51. The first kappa shape index (κ1) is 35.2. The van der Waals surface area contributed by atoms with E-state index in [1.165, 1.54) is 57.8 Å². The number of carbonyl (C=O) groups is 2. The van der Waals surface area contributed by atoms with Crippen LogP contribution in [-0.4, -0.2) is 79.3 Å². The van der Waals surface area contributed by atoms with Gasteiger partial charge in [0.2, 0.25) is 0 Å². The molecule has 0 aromatic heterocycles. The number of hydrogen-bond donors (Lipinski definition) is 2. The number of aliphatic hydroxyl groups is 1. The Hall–Kier alpha value is -0.830. The van der Waals surface area contributed by atoms with E-state index < -0.39 is 39.2 Å². The van der Waals surface area contributed by atoms with Gasteiger partial charge in [-0.05, 0) is 6.42 Å². The Morgan fingerprint density at radius 2 is 1.33 bits per heavy atom. The number of phosphoric ester groups is 1. The topological polar surface area (TPSA) is 119 Å². The molecule has 0 aliphatic rings. The normalized spacial score (nSPS) is 15.3. The lowest BCUT2D eigenvalue weighted by molar-refractivity contribution is -0.872. The molecule has 0 aromatic carbocycles. The molecule has 9 nitrogen and oxygen atoms in total. The van der Waals surface area contributed by atoms with E-state index in [1.807, 2.05) is 21.1 Å². The molecule has 0 spiro atoms. The average Bonchev–Trinajstić information content (AvgIpc) is 2.77. The van der Waals surface area contributed by atoms with Crippen molar-refractivity contribution in [3.8, 4) is 0 Å². The number of quaternary nitrogens is 1. The van der Waals surface area contributed by atoms with Gasteiger partial charge in [0, 0.05) is 13.3 Å². The van der Waals surface area contributed by atoms with Crippen LogP contribution in [0.4, 0.5) is 0 Å². The summed E-state index contributed by atoms with van der Waals surface area (Å²) >= 11 is 0. The summed E-state index contributed by atoms with van der Waals surface area (Å²) in [6.07, 6.45) is 13.8. The molecule has 2 unspecified atom stereocenters. The maximum atomic E-state index is 12.8. The molecule has 0 aliphatic heterocycles. The monoisotopic (exact) mass is 538 g/mol. The van der Waals surface area contributed by atoms with Gasteiger partial charge in [0.15, 0.2) is 11.9 Å². The third-order valence-electron chi connectivity index (χ3n) is 5.82. The Morgan fingerprint density at radius 1 is 0.861 bits per heavy atom. The summed E-state index contributed by atoms with van der Waals surface area (Å²) in [4.78, 5) is 34.0. The number of likely N-dealkylation sites (N-methyl/N-ethyl adjacent to an activating group) is 1. The van der Waals surface area contributed by atoms with Gasteiger partial charge in [-0.2, -0.15) is 0 Å². The number of unbranched alkanes of at least 4 members (excludes halogenated alkanes) is 12. The second kappa shape index (κ2) is 20.2. The fourth-order valence-electron chi connectivity index (χ4n) is 3.90. The number of ether oxygens (including phenoxy) is 1. The lowest BCUT2D eigenvalue weighted by Gasteiger charge is -2.29. The van der Waals surface area contributed by atoms with E-state index in [0.29, 0.717) is 10.9 Å². The summed E-state index contributed by atoms with van der Waals surface area (Å²) in [6, 6.07) is 0. The maximum Gasteiger partial charge on any atom is 0.473 e. The molecule has 3 atom stereocenters. The van der Waals surface area contributed by atoms with Crippen LogP contribution in [0.5, 0.6) is 0 Å². The molecule has 0 rings (SSSR count). The Bertz CT molecular complexity index is 638. The molecule has 0 saturated carbocycles. The second-order valence-electron chi connectivity index (χ2n) is 10.7. The van der Waals surface area contributed by atoms with Crippen molar-refractivity contribution in [1.82, 2.24) is 0 Å². The van der Waals surface area contributed by atoms with Gasteiger partial charge in [0.25, 0.3) is 0 Å². The molecular formula is C26H53NO8P+. The van der Waals surface area contributed by atoms with Gasteiger partial charge in [-0.15, -0.1) is 0 Å². The Kier molecular flexibility index (Phi) is 19.7. The average molecular weight is 539 g/mol. The molecule has 0 radical (unpaired) electrons. The molecule has 36 heavy (non-hydrogen) atoms. The van der Waals surface area contributed by atoms with Crippen molar-refractivity contribution < 1.29 is 42.4 Å². The first-order valence-electron chi connectivity index (χ1n) is 13.7. The highest BCUT2D eigenvalue weighted by Gasteiger charge is 2.35. The minimum Gasteiger partial charge on any atom is -0.458 e. The summed E-state index contributed by atoms with van der Waals surface area (Å²) in [5.74, 6) is -0.884. The van der Waals surface area contributed by atoms with Crippen LogP contribution < -0.4 is 0 Å². The highest BCUT2D eigenvalue weighted by molar-refractivity contribution is 7.47. The number of ketones is 1.